The van der Waals surface area contributed by atoms with E-state index in [9.17, 15) is 9.59 Å². The first kappa shape index (κ1) is 15.5. The molecule has 104 valence electrons. The summed E-state index contributed by atoms with van der Waals surface area (Å²) >= 11 is 0. The summed E-state index contributed by atoms with van der Waals surface area (Å²) in [6.45, 7) is 1.63. The maximum atomic E-state index is 12.2. The highest BCUT2D eigenvalue weighted by molar-refractivity contribution is 6.97. The molecule has 0 spiro atoms. The molecule has 1 aliphatic heterocycles. The molecule has 1 rings (SSSR count). The second kappa shape index (κ2) is 7.13. The highest BCUT2D eigenvalue weighted by Crippen LogP contribution is 2.19. The number of ketones is 1. The quantitative estimate of drug-likeness (QED) is 0.700. The van der Waals surface area contributed by atoms with Crippen LogP contribution in [0.2, 0.25) is 6.04 Å². The Morgan fingerprint density at radius 1 is 1.06 bits per heavy atom. The lowest BCUT2D eigenvalue weighted by atomic mass is 10.2. The number of rotatable bonds is 2. The fraction of sp³-hybridized carbons (Fsp3) is 0.833. The average molecular weight is 273 g/mol. The number of carbonyl (C=O) groups excluding carboxylic acids is 2. The molecule has 0 atom stereocenters. The fourth-order valence-electron chi connectivity index (χ4n) is 2.23. The zero-order valence-electron chi connectivity index (χ0n) is 11.5. The zero-order chi connectivity index (χ0) is 13.6. The first-order valence-electron chi connectivity index (χ1n) is 6.38. The summed E-state index contributed by atoms with van der Waals surface area (Å²) in [6.07, 6.45) is 1.97. The van der Waals surface area contributed by atoms with E-state index >= 15 is 0 Å². The normalized spacial score (nSPS) is 23.7. The van der Waals surface area contributed by atoms with E-state index < -0.39 is 8.56 Å². The lowest BCUT2D eigenvalue weighted by molar-refractivity contribution is -0.122. The summed E-state index contributed by atoms with van der Waals surface area (Å²) in [6, 6.07) is 0.664. The minimum absolute atomic E-state index is 0.00500. The highest BCUT2D eigenvalue weighted by Gasteiger charge is 2.43. The van der Waals surface area contributed by atoms with Crippen molar-refractivity contribution in [2.75, 3.05) is 34.4 Å². The number of hydrogen-bond acceptors (Lipinski definition) is 5. The first-order chi connectivity index (χ1) is 8.54. The van der Waals surface area contributed by atoms with Gasteiger partial charge in [0.25, 0.3) is 0 Å². The van der Waals surface area contributed by atoms with Gasteiger partial charge < -0.3 is 13.8 Å². The predicted molar refractivity (Wildman–Crippen MR) is 70.6 cm³/mol. The average Bonchev–Trinajstić information content (AvgIpc) is 2.40. The van der Waals surface area contributed by atoms with Crippen molar-refractivity contribution in [2.45, 2.75) is 31.7 Å². The maximum absolute atomic E-state index is 12.2. The molecule has 1 saturated heterocycles. The second-order valence-electron chi connectivity index (χ2n) is 4.78. The minimum Gasteiger partial charge on any atom is -0.393 e. The SMILES string of the molecule is CO[Si]1(OC)CCCN(C)CCC(=O)CCC1=O. The Morgan fingerprint density at radius 2 is 1.72 bits per heavy atom. The van der Waals surface area contributed by atoms with Gasteiger partial charge in [-0.1, -0.05) is 0 Å². The third kappa shape index (κ3) is 3.98. The summed E-state index contributed by atoms with van der Waals surface area (Å²) in [4.78, 5) is 26.0. The van der Waals surface area contributed by atoms with Gasteiger partial charge in [-0.2, -0.15) is 0 Å². The summed E-state index contributed by atoms with van der Waals surface area (Å²) in [7, 11) is 2.31. The van der Waals surface area contributed by atoms with Gasteiger partial charge in [0.1, 0.15) is 5.78 Å². The smallest absolute Gasteiger partial charge is 0.393 e. The molecule has 0 aromatic rings. The molecule has 0 bridgehead atoms. The van der Waals surface area contributed by atoms with Crippen LogP contribution in [0, 0.1) is 0 Å². The monoisotopic (exact) mass is 273 g/mol. The van der Waals surface area contributed by atoms with Crippen LogP contribution in [0.25, 0.3) is 0 Å². The van der Waals surface area contributed by atoms with Gasteiger partial charge in [0, 0.05) is 40.0 Å². The molecule has 1 aliphatic rings. The lowest BCUT2D eigenvalue weighted by Crippen LogP contribution is -2.49. The minimum atomic E-state index is -2.77. The molecule has 0 saturated carbocycles. The van der Waals surface area contributed by atoms with Crippen molar-refractivity contribution < 1.29 is 18.4 Å². The van der Waals surface area contributed by atoms with Gasteiger partial charge in [0.2, 0.25) is 0 Å². The molecule has 0 aromatic carbocycles. The van der Waals surface area contributed by atoms with E-state index in [1.807, 2.05) is 7.05 Å². The number of hydrogen-bond donors (Lipinski definition) is 0. The molecular formula is C12H23NO4Si. The van der Waals surface area contributed by atoms with Crippen LogP contribution in [0.5, 0.6) is 0 Å². The van der Waals surface area contributed by atoms with Crippen molar-refractivity contribution in [3.8, 4) is 0 Å². The molecule has 1 heterocycles. The van der Waals surface area contributed by atoms with Gasteiger partial charge >= 0.3 is 8.56 Å². The van der Waals surface area contributed by atoms with Crippen molar-refractivity contribution >= 4 is 19.8 Å². The van der Waals surface area contributed by atoms with Gasteiger partial charge in [-0.05, 0) is 26.1 Å². The van der Waals surface area contributed by atoms with E-state index in [0.717, 1.165) is 19.5 Å². The standard InChI is InChI=1S/C12H23NO4Si/c1-13-8-4-10-18(16-2,17-3)12(15)6-5-11(14)7-9-13/h4-10H2,1-3H3. The summed E-state index contributed by atoms with van der Waals surface area (Å²) in [5, 5.41) is 0.00500. The van der Waals surface area contributed by atoms with Crippen LogP contribution >= 0.6 is 0 Å². The Bertz CT molecular complexity index is 304. The van der Waals surface area contributed by atoms with Gasteiger partial charge in [-0.25, -0.2) is 0 Å². The summed E-state index contributed by atoms with van der Waals surface area (Å²) in [5.74, 6) is 0.146. The van der Waals surface area contributed by atoms with Crippen molar-refractivity contribution in [2.24, 2.45) is 0 Å². The molecule has 0 N–H and O–H groups in total. The molecule has 0 amide bonds. The molecule has 0 unspecified atom stereocenters. The first-order valence-corrected chi connectivity index (χ1v) is 8.40. The summed E-state index contributed by atoms with van der Waals surface area (Å²) < 4.78 is 10.8. The molecule has 0 aromatic heterocycles. The predicted octanol–water partition coefficient (Wildman–Crippen LogP) is 0.905. The molecular weight excluding hydrogens is 250 g/mol. The second-order valence-corrected chi connectivity index (χ2v) is 8.16. The Balaban J connectivity index is 2.79. The van der Waals surface area contributed by atoms with Crippen LogP contribution in [-0.4, -0.2) is 59.0 Å². The third-order valence-electron chi connectivity index (χ3n) is 3.53. The van der Waals surface area contributed by atoms with Crippen LogP contribution in [0.4, 0.5) is 0 Å². The van der Waals surface area contributed by atoms with Crippen LogP contribution < -0.4 is 0 Å². The fourth-order valence-corrected chi connectivity index (χ4v) is 4.67. The molecule has 1 fully saturated rings. The van der Waals surface area contributed by atoms with E-state index in [-0.39, 0.29) is 17.6 Å². The summed E-state index contributed by atoms with van der Waals surface area (Å²) in [5.41, 5.74) is 0. The van der Waals surface area contributed by atoms with E-state index in [4.69, 9.17) is 8.85 Å². The molecule has 6 heteroatoms. The largest absolute Gasteiger partial charge is 0.409 e. The topological polar surface area (TPSA) is 55.8 Å². The van der Waals surface area contributed by atoms with Crippen molar-refractivity contribution in [1.29, 1.82) is 0 Å². The molecule has 0 radical (unpaired) electrons. The number of carbonyl (C=O) groups is 2. The molecule has 5 nitrogen and oxygen atoms in total. The van der Waals surface area contributed by atoms with Crippen molar-refractivity contribution in [3.05, 3.63) is 0 Å². The van der Waals surface area contributed by atoms with E-state index in [1.165, 1.54) is 0 Å². The van der Waals surface area contributed by atoms with E-state index in [0.29, 0.717) is 18.9 Å². The number of Topliss-reactive ketones (excluding diaryl/α,β-unsaturated/α-hetero) is 1. The third-order valence-corrected chi connectivity index (χ3v) is 6.96. The van der Waals surface area contributed by atoms with Gasteiger partial charge in [0.15, 0.2) is 5.41 Å². The van der Waals surface area contributed by atoms with Crippen LogP contribution in [0.3, 0.4) is 0 Å². The lowest BCUT2D eigenvalue weighted by Gasteiger charge is -2.26. The van der Waals surface area contributed by atoms with Crippen molar-refractivity contribution in [1.82, 2.24) is 4.90 Å². The Labute approximate surface area is 110 Å². The Kier molecular flexibility index (Phi) is 6.14. The number of nitrogens with zero attached hydrogens (tertiary/aromatic N) is 1. The maximum Gasteiger partial charge on any atom is 0.409 e. The van der Waals surface area contributed by atoms with Gasteiger partial charge in [0.05, 0.1) is 0 Å². The molecule has 18 heavy (non-hydrogen) atoms. The van der Waals surface area contributed by atoms with Crippen LogP contribution in [0.15, 0.2) is 0 Å². The van der Waals surface area contributed by atoms with E-state index in [2.05, 4.69) is 4.90 Å². The molecule has 0 aliphatic carbocycles. The van der Waals surface area contributed by atoms with Gasteiger partial charge in [-0.3, -0.25) is 9.59 Å². The highest BCUT2D eigenvalue weighted by atomic mass is 28.4. The Morgan fingerprint density at radius 3 is 2.33 bits per heavy atom. The van der Waals surface area contributed by atoms with Crippen LogP contribution in [0.1, 0.15) is 25.7 Å². The van der Waals surface area contributed by atoms with Crippen LogP contribution in [-0.2, 0) is 18.4 Å². The van der Waals surface area contributed by atoms with E-state index in [1.54, 1.807) is 14.2 Å². The van der Waals surface area contributed by atoms with Gasteiger partial charge in [-0.15, -0.1) is 0 Å². The zero-order valence-corrected chi connectivity index (χ0v) is 12.5. The van der Waals surface area contributed by atoms with Crippen molar-refractivity contribution in [3.63, 3.8) is 0 Å². The Hall–Kier alpha value is -0.563.